The first-order valence-corrected chi connectivity index (χ1v) is 8.22. The molecule has 26 heavy (non-hydrogen) atoms. The van der Waals surface area contributed by atoms with Crippen molar-refractivity contribution in [3.05, 3.63) is 35.4 Å². The zero-order valence-corrected chi connectivity index (χ0v) is 13.7. The molecule has 1 amide bonds. The molecule has 142 valence electrons. The third-order valence-corrected chi connectivity index (χ3v) is 4.56. The highest BCUT2D eigenvalue weighted by Gasteiger charge is 2.40. The molecule has 9 heteroatoms. The van der Waals surface area contributed by atoms with E-state index in [2.05, 4.69) is 0 Å². The van der Waals surface area contributed by atoms with Crippen LogP contribution in [0.4, 0.5) is 13.2 Å². The van der Waals surface area contributed by atoms with Gasteiger partial charge in [-0.3, -0.25) is 4.79 Å². The first kappa shape index (κ1) is 18.7. The summed E-state index contributed by atoms with van der Waals surface area (Å²) in [7, 11) is 0. The lowest BCUT2D eigenvalue weighted by Gasteiger charge is -2.35. The van der Waals surface area contributed by atoms with Crippen LogP contribution in [0.1, 0.15) is 30.1 Å². The van der Waals surface area contributed by atoms with E-state index in [0.717, 1.165) is 6.07 Å². The molecule has 0 bridgehead atoms. The van der Waals surface area contributed by atoms with Crippen LogP contribution in [0, 0.1) is 0 Å². The maximum Gasteiger partial charge on any atom is 0.416 e. The van der Waals surface area contributed by atoms with E-state index in [-0.39, 0.29) is 38.1 Å². The summed E-state index contributed by atoms with van der Waals surface area (Å²) in [4.78, 5) is 24.9. The fraction of sp³-hybridized carbons (Fsp3) is 0.529. The third kappa shape index (κ3) is 3.83. The molecule has 2 fully saturated rings. The van der Waals surface area contributed by atoms with Crippen molar-refractivity contribution in [2.45, 2.75) is 37.3 Å². The van der Waals surface area contributed by atoms with Gasteiger partial charge in [-0.1, -0.05) is 18.2 Å². The van der Waals surface area contributed by atoms with E-state index in [9.17, 15) is 22.8 Å². The zero-order valence-electron chi connectivity index (χ0n) is 13.7. The molecule has 0 radical (unpaired) electrons. The van der Waals surface area contributed by atoms with Crippen molar-refractivity contribution in [3.8, 4) is 0 Å². The summed E-state index contributed by atoms with van der Waals surface area (Å²) in [6.07, 6.45) is -6.82. The summed E-state index contributed by atoms with van der Waals surface area (Å²) in [6.45, 7) is 0.280. The Balaban J connectivity index is 1.73. The van der Waals surface area contributed by atoms with E-state index >= 15 is 0 Å². The Morgan fingerprint density at radius 2 is 1.85 bits per heavy atom. The van der Waals surface area contributed by atoms with Gasteiger partial charge in [0.25, 0.3) is 5.91 Å². The van der Waals surface area contributed by atoms with E-state index in [4.69, 9.17) is 14.6 Å². The number of carbonyl (C=O) groups excluding carboxylic acids is 1. The SMILES string of the molecule is O=C(O)[C@H]1CC[C@@H](C(=O)N2CCOC(c3ccccc3C(F)(F)F)C2)O1. The summed E-state index contributed by atoms with van der Waals surface area (Å²) in [5.41, 5.74) is -0.810. The maximum atomic E-state index is 13.2. The lowest BCUT2D eigenvalue weighted by molar-refractivity contribution is -0.158. The summed E-state index contributed by atoms with van der Waals surface area (Å²) < 4.78 is 50.4. The Morgan fingerprint density at radius 1 is 1.15 bits per heavy atom. The second kappa shape index (κ2) is 7.24. The van der Waals surface area contributed by atoms with Crippen LogP contribution in [-0.4, -0.2) is 53.8 Å². The maximum absolute atomic E-state index is 13.2. The van der Waals surface area contributed by atoms with Gasteiger partial charge >= 0.3 is 12.1 Å². The Morgan fingerprint density at radius 3 is 2.50 bits per heavy atom. The van der Waals surface area contributed by atoms with Gasteiger partial charge < -0.3 is 19.5 Å². The van der Waals surface area contributed by atoms with Crippen molar-refractivity contribution < 1.29 is 37.3 Å². The highest BCUT2D eigenvalue weighted by atomic mass is 19.4. The van der Waals surface area contributed by atoms with Crippen molar-refractivity contribution in [2.75, 3.05) is 19.7 Å². The molecule has 0 saturated carbocycles. The van der Waals surface area contributed by atoms with E-state index in [1.165, 1.54) is 23.1 Å². The number of aliphatic carboxylic acids is 1. The number of alkyl halides is 3. The van der Waals surface area contributed by atoms with Crippen LogP contribution in [-0.2, 0) is 25.2 Å². The van der Waals surface area contributed by atoms with Crippen molar-refractivity contribution >= 4 is 11.9 Å². The summed E-state index contributed by atoms with van der Waals surface area (Å²) in [5.74, 6) is -1.54. The van der Waals surface area contributed by atoms with Gasteiger partial charge in [-0.25, -0.2) is 4.79 Å². The van der Waals surface area contributed by atoms with Crippen LogP contribution in [0.15, 0.2) is 24.3 Å². The van der Waals surface area contributed by atoms with Crippen LogP contribution in [0.5, 0.6) is 0 Å². The van der Waals surface area contributed by atoms with Gasteiger partial charge in [0.2, 0.25) is 0 Å². The number of nitrogens with zero attached hydrogens (tertiary/aromatic N) is 1. The fourth-order valence-corrected chi connectivity index (χ4v) is 3.28. The topological polar surface area (TPSA) is 76.1 Å². The summed E-state index contributed by atoms with van der Waals surface area (Å²) in [5, 5.41) is 8.94. The number of rotatable bonds is 3. The Kier molecular flexibility index (Phi) is 5.19. The Labute approximate surface area is 147 Å². The van der Waals surface area contributed by atoms with Crippen LogP contribution >= 0.6 is 0 Å². The second-order valence-electron chi connectivity index (χ2n) is 6.26. The molecule has 3 atom stereocenters. The quantitative estimate of drug-likeness (QED) is 0.880. The van der Waals surface area contributed by atoms with E-state index in [1.807, 2.05) is 0 Å². The Bertz CT molecular complexity index is 693. The smallest absolute Gasteiger partial charge is 0.416 e. The first-order valence-electron chi connectivity index (χ1n) is 8.22. The van der Waals surface area contributed by atoms with Crippen LogP contribution < -0.4 is 0 Å². The molecule has 2 aliphatic rings. The molecule has 3 rings (SSSR count). The highest BCUT2D eigenvalue weighted by Crippen LogP contribution is 2.36. The lowest BCUT2D eigenvalue weighted by atomic mass is 10.00. The molecule has 1 aromatic rings. The van der Waals surface area contributed by atoms with Crippen LogP contribution in [0.3, 0.4) is 0 Å². The van der Waals surface area contributed by atoms with Gasteiger partial charge in [-0.05, 0) is 24.5 Å². The predicted octanol–water partition coefficient (Wildman–Crippen LogP) is 2.24. The van der Waals surface area contributed by atoms with Gasteiger partial charge in [0.1, 0.15) is 12.2 Å². The number of carbonyl (C=O) groups is 2. The zero-order chi connectivity index (χ0) is 18.9. The number of morpholine rings is 1. The lowest BCUT2D eigenvalue weighted by Crippen LogP contribution is -2.47. The minimum Gasteiger partial charge on any atom is -0.479 e. The van der Waals surface area contributed by atoms with Crippen LogP contribution in [0.25, 0.3) is 0 Å². The van der Waals surface area contributed by atoms with Crippen molar-refractivity contribution in [3.63, 3.8) is 0 Å². The first-order chi connectivity index (χ1) is 12.3. The van der Waals surface area contributed by atoms with Gasteiger partial charge in [-0.2, -0.15) is 13.2 Å². The molecule has 1 unspecified atom stereocenters. The van der Waals surface area contributed by atoms with Gasteiger partial charge in [0.05, 0.1) is 18.7 Å². The molecular weight excluding hydrogens is 355 g/mol. The monoisotopic (exact) mass is 373 g/mol. The summed E-state index contributed by atoms with van der Waals surface area (Å²) in [6, 6.07) is 5.12. The van der Waals surface area contributed by atoms with Gasteiger partial charge in [0.15, 0.2) is 6.10 Å². The molecule has 0 aromatic heterocycles. The van der Waals surface area contributed by atoms with Gasteiger partial charge in [-0.15, -0.1) is 0 Å². The predicted molar refractivity (Wildman–Crippen MR) is 82.2 cm³/mol. The number of carboxylic acids is 1. The minimum atomic E-state index is -4.52. The molecule has 1 aromatic carbocycles. The number of carboxylic acid groups (broad SMARTS) is 1. The van der Waals surface area contributed by atoms with Gasteiger partial charge in [0, 0.05) is 6.54 Å². The second-order valence-corrected chi connectivity index (χ2v) is 6.26. The van der Waals surface area contributed by atoms with Crippen LogP contribution in [0.2, 0.25) is 0 Å². The number of hydrogen-bond donors (Lipinski definition) is 1. The highest BCUT2D eigenvalue weighted by molar-refractivity contribution is 5.83. The average Bonchev–Trinajstić information content (AvgIpc) is 3.11. The molecule has 2 heterocycles. The third-order valence-electron chi connectivity index (χ3n) is 4.56. The molecule has 6 nitrogen and oxygen atoms in total. The van der Waals surface area contributed by atoms with Crippen molar-refractivity contribution in [2.24, 2.45) is 0 Å². The molecular formula is C17H18F3NO5. The molecule has 0 aliphatic carbocycles. The van der Waals surface area contributed by atoms with Crippen molar-refractivity contribution in [1.82, 2.24) is 4.90 Å². The fourth-order valence-electron chi connectivity index (χ4n) is 3.28. The Hall–Kier alpha value is -2.13. The number of ether oxygens (including phenoxy) is 2. The van der Waals surface area contributed by atoms with E-state index < -0.39 is 41.9 Å². The number of benzene rings is 1. The summed E-state index contributed by atoms with van der Waals surface area (Å²) >= 11 is 0. The minimum absolute atomic E-state index is 0.0201. The number of hydrogen-bond acceptors (Lipinski definition) is 4. The number of amides is 1. The standard InChI is InChI=1S/C17H18F3NO5/c18-17(19,20)11-4-2-1-3-10(11)14-9-21(7-8-25-14)15(22)12-5-6-13(26-12)16(23)24/h1-4,12-14H,5-9H2,(H,23,24)/t12-,13+,14?/m0/s1. The average molecular weight is 373 g/mol. The van der Waals surface area contributed by atoms with E-state index in [0.29, 0.717) is 0 Å². The molecule has 1 N–H and O–H groups in total. The molecule has 0 spiro atoms. The van der Waals surface area contributed by atoms with Crippen molar-refractivity contribution in [1.29, 1.82) is 0 Å². The molecule has 2 saturated heterocycles. The normalized spacial score (nSPS) is 26.7. The molecule has 2 aliphatic heterocycles. The number of halogens is 3. The largest absolute Gasteiger partial charge is 0.479 e. The van der Waals surface area contributed by atoms with E-state index in [1.54, 1.807) is 0 Å².